The molecular weight excluding hydrogens is 214 g/mol. The van der Waals surface area contributed by atoms with Crippen molar-refractivity contribution in [2.45, 2.75) is 25.5 Å². The summed E-state index contributed by atoms with van der Waals surface area (Å²) >= 11 is 6.05. The third-order valence-electron chi connectivity index (χ3n) is 2.99. The Morgan fingerprint density at radius 1 is 1.73 bits per heavy atom. The van der Waals surface area contributed by atoms with Crippen LogP contribution >= 0.6 is 11.6 Å². The van der Waals surface area contributed by atoms with Crippen molar-refractivity contribution in [2.75, 3.05) is 6.61 Å². The van der Waals surface area contributed by atoms with Crippen LogP contribution in [0.4, 0.5) is 0 Å². The van der Waals surface area contributed by atoms with Gasteiger partial charge in [0.25, 0.3) is 0 Å². The molecule has 4 nitrogen and oxygen atoms in total. The highest BCUT2D eigenvalue weighted by Crippen LogP contribution is 2.32. The van der Waals surface area contributed by atoms with Crippen LogP contribution in [0.1, 0.15) is 25.1 Å². The molecule has 0 saturated carbocycles. The van der Waals surface area contributed by atoms with Crippen molar-refractivity contribution >= 4 is 11.6 Å². The van der Waals surface area contributed by atoms with Crippen molar-refractivity contribution in [1.82, 2.24) is 9.78 Å². The molecule has 1 aliphatic rings. The lowest BCUT2D eigenvalue weighted by Crippen LogP contribution is -2.24. The van der Waals surface area contributed by atoms with Crippen molar-refractivity contribution in [1.29, 1.82) is 0 Å². The van der Waals surface area contributed by atoms with E-state index in [9.17, 15) is 0 Å². The molecule has 3 atom stereocenters. The maximum atomic E-state index is 6.18. The molecule has 2 rings (SSSR count). The second-order valence-corrected chi connectivity index (χ2v) is 4.57. The van der Waals surface area contributed by atoms with E-state index in [-0.39, 0.29) is 6.04 Å². The SMILES string of the molecule is CC1CC(C(N)c2c(Cl)cnn2C)CO1. The zero-order valence-corrected chi connectivity index (χ0v) is 9.74. The van der Waals surface area contributed by atoms with Crippen molar-refractivity contribution in [3.05, 3.63) is 16.9 Å². The summed E-state index contributed by atoms with van der Waals surface area (Å²) in [6, 6.07) is -0.0880. The van der Waals surface area contributed by atoms with E-state index in [1.807, 2.05) is 7.05 Å². The molecule has 15 heavy (non-hydrogen) atoms. The first kappa shape index (κ1) is 10.9. The van der Waals surface area contributed by atoms with Crippen LogP contribution < -0.4 is 5.73 Å². The lowest BCUT2D eigenvalue weighted by atomic mass is 9.95. The summed E-state index contributed by atoms with van der Waals surface area (Å²) in [7, 11) is 1.86. The van der Waals surface area contributed by atoms with Crippen molar-refractivity contribution in [2.24, 2.45) is 18.7 Å². The maximum absolute atomic E-state index is 6.18. The van der Waals surface area contributed by atoms with Crippen LogP contribution in [0.25, 0.3) is 0 Å². The molecule has 3 unspecified atom stereocenters. The van der Waals surface area contributed by atoms with E-state index >= 15 is 0 Å². The number of ether oxygens (including phenoxy) is 1. The molecular formula is C10H16ClN3O. The fourth-order valence-electron chi connectivity index (χ4n) is 2.12. The van der Waals surface area contributed by atoms with Gasteiger partial charge in [-0.2, -0.15) is 5.10 Å². The smallest absolute Gasteiger partial charge is 0.0834 e. The Morgan fingerprint density at radius 2 is 2.47 bits per heavy atom. The van der Waals surface area contributed by atoms with Crippen LogP contribution in [0.3, 0.4) is 0 Å². The normalized spacial score (nSPS) is 28.3. The summed E-state index contributed by atoms with van der Waals surface area (Å²) in [6.07, 6.45) is 2.92. The summed E-state index contributed by atoms with van der Waals surface area (Å²) in [6.45, 7) is 2.78. The summed E-state index contributed by atoms with van der Waals surface area (Å²) in [4.78, 5) is 0. The quantitative estimate of drug-likeness (QED) is 0.836. The standard InChI is InChI=1S/C10H16ClN3O/c1-6-3-7(5-15-6)9(12)10-8(11)4-13-14(10)2/h4,6-7,9H,3,5,12H2,1-2H3. The molecule has 5 heteroatoms. The summed E-state index contributed by atoms with van der Waals surface area (Å²) in [5.74, 6) is 0.341. The Morgan fingerprint density at radius 3 is 2.93 bits per heavy atom. The van der Waals surface area contributed by atoms with E-state index in [1.54, 1.807) is 10.9 Å². The molecule has 1 fully saturated rings. The molecule has 0 radical (unpaired) electrons. The fourth-order valence-corrected chi connectivity index (χ4v) is 2.41. The Hall–Kier alpha value is -0.580. The zero-order chi connectivity index (χ0) is 11.0. The summed E-state index contributed by atoms with van der Waals surface area (Å²) < 4.78 is 7.26. The first-order chi connectivity index (χ1) is 7.09. The van der Waals surface area contributed by atoms with Gasteiger partial charge >= 0.3 is 0 Å². The van der Waals surface area contributed by atoms with Gasteiger partial charge in [0.2, 0.25) is 0 Å². The molecule has 1 aromatic rings. The van der Waals surface area contributed by atoms with E-state index in [0.29, 0.717) is 23.7 Å². The van der Waals surface area contributed by atoms with Crippen LogP contribution in [0, 0.1) is 5.92 Å². The van der Waals surface area contributed by atoms with E-state index in [4.69, 9.17) is 22.1 Å². The number of hydrogen-bond acceptors (Lipinski definition) is 3. The van der Waals surface area contributed by atoms with Crippen LogP contribution in [0.15, 0.2) is 6.20 Å². The third-order valence-corrected chi connectivity index (χ3v) is 3.28. The third kappa shape index (κ3) is 2.02. The topological polar surface area (TPSA) is 53.1 Å². The Balaban J connectivity index is 2.17. The lowest BCUT2D eigenvalue weighted by Gasteiger charge is -2.18. The average molecular weight is 230 g/mol. The molecule has 0 aliphatic carbocycles. The molecule has 0 amide bonds. The van der Waals surface area contributed by atoms with Gasteiger partial charge in [0, 0.05) is 13.0 Å². The molecule has 84 valence electrons. The first-order valence-electron chi connectivity index (χ1n) is 5.14. The minimum absolute atomic E-state index is 0.0880. The fraction of sp³-hybridized carbons (Fsp3) is 0.700. The van der Waals surface area contributed by atoms with Gasteiger partial charge in [-0.15, -0.1) is 0 Å². The molecule has 2 N–H and O–H groups in total. The van der Waals surface area contributed by atoms with Crippen LogP contribution in [-0.2, 0) is 11.8 Å². The number of nitrogens with zero attached hydrogens (tertiary/aromatic N) is 2. The van der Waals surface area contributed by atoms with E-state index in [0.717, 1.165) is 12.1 Å². The number of halogens is 1. The average Bonchev–Trinajstić information content (AvgIpc) is 2.73. The molecule has 1 aromatic heterocycles. The van der Waals surface area contributed by atoms with E-state index in [2.05, 4.69) is 12.0 Å². The predicted molar refractivity (Wildman–Crippen MR) is 58.7 cm³/mol. The van der Waals surface area contributed by atoms with Gasteiger partial charge in [-0.05, 0) is 13.3 Å². The Kier molecular flexibility index (Phi) is 3.00. The number of aryl methyl sites for hydroxylation is 1. The van der Waals surface area contributed by atoms with Gasteiger partial charge in [0.1, 0.15) is 0 Å². The summed E-state index contributed by atoms with van der Waals surface area (Å²) in [5, 5.41) is 4.73. The largest absolute Gasteiger partial charge is 0.378 e. The molecule has 2 heterocycles. The highest BCUT2D eigenvalue weighted by molar-refractivity contribution is 6.31. The summed E-state index contributed by atoms with van der Waals surface area (Å²) in [5.41, 5.74) is 7.09. The van der Waals surface area contributed by atoms with Gasteiger partial charge < -0.3 is 10.5 Å². The molecule has 1 saturated heterocycles. The molecule has 0 aromatic carbocycles. The Labute approximate surface area is 94.3 Å². The van der Waals surface area contributed by atoms with E-state index in [1.165, 1.54) is 0 Å². The highest BCUT2D eigenvalue weighted by atomic mass is 35.5. The van der Waals surface area contributed by atoms with Gasteiger partial charge in [-0.25, -0.2) is 0 Å². The minimum Gasteiger partial charge on any atom is -0.378 e. The van der Waals surface area contributed by atoms with Gasteiger partial charge in [0.05, 0.1) is 35.7 Å². The van der Waals surface area contributed by atoms with Crippen LogP contribution in [-0.4, -0.2) is 22.5 Å². The molecule has 0 spiro atoms. The zero-order valence-electron chi connectivity index (χ0n) is 8.98. The highest BCUT2D eigenvalue weighted by Gasteiger charge is 2.30. The molecule has 1 aliphatic heterocycles. The van der Waals surface area contributed by atoms with Gasteiger partial charge in [-0.1, -0.05) is 11.6 Å². The monoisotopic (exact) mass is 229 g/mol. The minimum atomic E-state index is -0.0880. The lowest BCUT2D eigenvalue weighted by molar-refractivity contribution is 0.118. The van der Waals surface area contributed by atoms with Gasteiger partial charge in [-0.3, -0.25) is 4.68 Å². The van der Waals surface area contributed by atoms with Crippen molar-refractivity contribution in [3.63, 3.8) is 0 Å². The number of hydrogen-bond donors (Lipinski definition) is 1. The van der Waals surface area contributed by atoms with Crippen molar-refractivity contribution in [3.8, 4) is 0 Å². The maximum Gasteiger partial charge on any atom is 0.0834 e. The number of rotatable bonds is 2. The molecule has 0 bridgehead atoms. The Bertz CT molecular complexity index is 333. The van der Waals surface area contributed by atoms with Gasteiger partial charge in [0.15, 0.2) is 0 Å². The second-order valence-electron chi connectivity index (χ2n) is 4.17. The van der Waals surface area contributed by atoms with Crippen LogP contribution in [0.2, 0.25) is 5.02 Å². The number of aromatic nitrogens is 2. The van der Waals surface area contributed by atoms with E-state index < -0.39 is 0 Å². The first-order valence-corrected chi connectivity index (χ1v) is 5.52. The van der Waals surface area contributed by atoms with Crippen molar-refractivity contribution < 1.29 is 4.74 Å². The predicted octanol–water partition coefficient (Wildman–Crippen LogP) is 1.50. The second kappa shape index (κ2) is 4.12. The number of nitrogens with two attached hydrogens (primary N) is 1. The van der Waals surface area contributed by atoms with Crippen LogP contribution in [0.5, 0.6) is 0 Å².